The Labute approximate surface area is 123 Å². The van der Waals surface area contributed by atoms with Crippen molar-refractivity contribution in [2.45, 2.75) is 38.5 Å². The second kappa shape index (κ2) is 5.35. The number of carbonyl (C=O) groups is 2. The van der Waals surface area contributed by atoms with Crippen LogP contribution in [0.1, 0.15) is 47.3 Å². The quantitative estimate of drug-likeness (QED) is 0.878. The van der Waals surface area contributed by atoms with Crippen LogP contribution in [-0.2, 0) is 24.7 Å². The zero-order chi connectivity index (χ0) is 15.0. The van der Waals surface area contributed by atoms with E-state index in [1.165, 1.54) is 29.5 Å². The average molecular weight is 285 g/mol. The average Bonchev–Trinajstić information content (AvgIpc) is 2.78. The van der Waals surface area contributed by atoms with Crippen molar-refractivity contribution in [3.05, 3.63) is 35.0 Å². The van der Waals surface area contributed by atoms with Gasteiger partial charge in [0.15, 0.2) is 5.78 Å². The second-order valence-electron chi connectivity index (χ2n) is 5.74. The van der Waals surface area contributed by atoms with E-state index in [1.54, 1.807) is 0 Å². The van der Waals surface area contributed by atoms with Gasteiger partial charge in [-0.15, -0.1) is 0 Å². The highest BCUT2D eigenvalue weighted by Crippen LogP contribution is 2.32. The molecule has 0 unspecified atom stereocenters. The molecule has 0 fully saturated rings. The Kier molecular flexibility index (Phi) is 3.53. The summed E-state index contributed by atoms with van der Waals surface area (Å²) in [5.41, 5.74) is 4.50. The molecule has 1 N–H and O–H groups in total. The Morgan fingerprint density at radius 3 is 2.71 bits per heavy atom. The monoisotopic (exact) mass is 285 g/mol. The molecule has 0 atom stereocenters. The Balaban J connectivity index is 1.98. The van der Waals surface area contributed by atoms with Crippen LogP contribution < -0.4 is 0 Å². The fraction of sp³-hybridized carbons (Fsp3) is 0.412. The van der Waals surface area contributed by atoms with Crippen molar-refractivity contribution in [1.29, 1.82) is 0 Å². The SMILES string of the molecule is Cn1c2c(c3ccc(C(=O)CCC(=O)O)cc31)CCCC2. The molecule has 4 heteroatoms. The molecule has 1 aromatic carbocycles. The molecule has 1 aromatic heterocycles. The first-order valence-electron chi connectivity index (χ1n) is 7.43. The van der Waals surface area contributed by atoms with E-state index >= 15 is 0 Å². The maximum absolute atomic E-state index is 12.1. The largest absolute Gasteiger partial charge is 0.481 e. The van der Waals surface area contributed by atoms with E-state index in [0.29, 0.717) is 5.56 Å². The van der Waals surface area contributed by atoms with Crippen LogP contribution in [0.2, 0.25) is 0 Å². The van der Waals surface area contributed by atoms with Gasteiger partial charge < -0.3 is 9.67 Å². The maximum Gasteiger partial charge on any atom is 0.303 e. The number of Topliss-reactive ketones (excluding diaryl/α,β-unsaturated/α-hetero) is 1. The van der Waals surface area contributed by atoms with Crippen LogP contribution in [0, 0.1) is 0 Å². The molecule has 0 radical (unpaired) electrons. The topological polar surface area (TPSA) is 59.3 Å². The Hall–Kier alpha value is -2.10. The lowest BCUT2D eigenvalue weighted by Crippen LogP contribution is -2.05. The number of aliphatic carboxylic acids is 1. The van der Waals surface area contributed by atoms with Gasteiger partial charge in [-0.1, -0.05) is 12.1 Å². The summed E-state index contributed by atoms with van der Waals surface area (Å²) in [6.07, 6.45) is 4.61. The normalized spacial score (nSPS) is 14.1. The van der Waals surface area contributed by atoms with E-state index in [-0.39, 0.29) is 18.6 Å². The van der Waals surface area contributed by atoms with Crippen LogP contribution in [0.25, 0.3) is 10.9 Å². The minimum Gasteiger partial charge on any atom is -0.481 e. The Morgan fingerprint density at radius 1 is 1.19 bits per heavy atom. The van der Waals surface area contributed by atoms with Gasteiger partial charge in [0.2, 0.25) is 0 Å². The number of hydrogen-bond acceptors (Lipinski definition) is 2. The molecule has 1 aliphatic carbocycles. The summed E-state index contributed by atoms with van der Waals surface area (Å²) in [5, 5.41) is 9.92. The molecule has 3 rings (SSSR count). The number of aryl methyl sites for hydroxylation is 2. The van der Waals surface area contributed by atoms with Crippen LogP contribution in [0.3, 0.4) is 0 Å². The number of rotatable bonds is 4. The molecule has 0 amide bonds. The van der Waals surface area contributed by atoms with Gasteiger partial charge in [0, 0.05) is 35.6 Å². The lowest BCUT2D eigenvalue weighted by atomic mass is 9.95. The molecular formula is C17H19NO3. The number of nitrogens with zero attached hydrogens (tertiary/aromatic N) is 1. The third kappa shape index (κ3) is 2.46. The van der Waals surface area contributed by atoms with Crippen molar-refractivity contribution in [3.63, 3.8) is 0 Å². The van der Waals surface area contributed by atoms with Gasteiger partial charge >= 0.3 is 5.97 Å². The maximum atomic E-state index is 12.1. The van der Waals surface area contributed by atoms with E-state index in [1.807, 2.05) is 18.2 Å². The fourth-order valence-electron chi connectivity index (χ4n) is 3.30. The van der Waals surface area contributed by atoms with Crippen LogP contribution >= 0.6 is 0 Å². The second-order valence-corrected chi connectivity index (χ2v) is 5.74. The van der Waals surface area contributed by atoms with Gasteiger partial charge in [-0.25, -0.2) is 0 Å². The molecular weight excluding hydrogens is 266 g/mol. The lowest BCUT2D eigenvalue weighted by Gasteiger charge is -2.12. The molecule has 21 heavy (non-hydrogen) atoms. The fourth-order valence-corrected chi connectivity index (χ4v) is 3.30. The molecule has 1 aliphatic rings. The number of carbonyl (C=O) groups excluding carboxylic acids is 1. The van der Waals surface area contributed by atoms with Gasteiger partial charge in [-0.05, 0) is 37.3 Å². The van der Waals surface area contributed by atoms with Gasteiger partial charge in [-0.3, -0.25) is 9.59 Å². The molecule has 110 valence electrons. The summed E-state index contributed by atoms with van der Waals surface area (Å²) < 4.78 is 2.19. The summed E-state index contributed by atoms with van der Waals surface area (Å²) in [6.45, 7) is 0. The molecule has 0 aliphatic heterocycles. The van der Waals surface area contributed by atoms with E-state index in [2.05, 4.69) is 11.6 Å². The first-order chi connectivity index (χ1) is 10.1. The number of carboxylic acid groups (broad SMARTS) is 1. The third-order valence-corrected chi connectivity index (χ3v) is 4.42. The van der Waals surface area contributed by atoms with Gasteiger partial charge in [0.05, 0.1) is 6.42 Å². The zero-order valence-corrected chi connectivity index (χ0v) is 12.2. The molecule has 1 heterocycles. The minimum absolute atomic E-state index is 0.0605. The third-order valence-electron chi connectivity index (χ3n) is 4.42. The molecule has 0 spiro atoms. The van der Waals surface area contributed by atoms with Crippen LogP contribution in [0.15, 0.2) is 18.2 Å². The first-order valence-corrected chi connectivity index (χ1v) is 7.43. The standard InChI is InChI=1S/C17H19NO3/c1-18-14-5-3-2-4-12(14)13-7-6-11(10-15(13)18)16(19)8-9-17(20)21/h6-7,10H,2-5,8-9H2,1H3,(H,20,21). The van der Waals surface area contributed by atoms with Crippen molar-refractivity contribution in [2.24, 2.45) is 7.05 Å². The van der Waals surface area contributed by atoms with Crippen LogP contribution in [0.5, 0.6) is 0 Å². The highest BCUT2D eigenvalue weighted by molar-refractivity contribution is 6.01. The van der Waals surface area contributed by atoms with Gasteiger partial charge in [0.1, 0.15) is 0 Å². The smallest absolute Gasteiger partial charge is 0.303 e. The van der Waals surface area contributed by atoms with E-state index in [9.17, 15) is 9.59 Å². The minimum atomic E-state index is -0.932. The number of fused-ring (bicyclic) bond motifs is 3. The molecule has 2 aromatic rings. The highest BCUT2D eigenvalue weighted by atomic mass is 16.4. The number of ketones is 1. The predicted octanol–water partition coefficient (Wildman–Crippen LogP) is 3.10. The Bertz CT molecular complexity index is 727. The molecule has 0 saturated carbocycles. The predicted molar refractivity (Wildman–Crippen MR) is 80.8 cm³/mol. The number of carboxylic acids is 1. The summed E-state index contributed by atoms with van der Waals surface area (Å²) >= 11 is 0. The zero-order valence-electron chi connectivity index (χ0n) is 12.2. The van der Waals surface area contributed by atoms with Gasteiger partial charge in [-0.2, -0.15) is 0 Å². The van der Waals surface area contributed by atoms with Crippen LogP contribution in [-0.4, -0.2) is 21.4 Å². The number of benzene rings is 1. The molecule has 0 bridgehead atoms. The van der Waals surface area contributed by atoms with Crippen molar-refractivity contribution >= 4 is 22.7 Å². The first kappa shape index (κ1) is 13.9. The van der Waals surface area contributed by atoms with E-state index in [4.69, 9.17) is 5.11 Å². The van der Waals surface area contributed by atoms with Crippen molar-refractivity contribution in [3.8, 4) is 0 Å². The van der Waals surface area contributed by atoms with Crippen molar-refractivity contribution in [2.75, 3.05) is 0 Å². The van der Waals surface area contributed by atoms with Crippen molar-refractivity contribution in [1.82, 2.24) is 4.57 Å². The molecule has 4 nitrogen and oxygen atoms in total. The number of hydrogen-bond donors (Lipinski definition) is 1. The lowest BCUT2D eigenvalue weighted by molar-refractivity contribution is -0.136. The van der Waals surface area contributed by atoms with Gasteiger partial charge in [0.25, 0.3) is 0 Å². The highest BCUT2D eigenvalue weighted by Gasteiger charge is 2.19. The Morgan fingerprint density at radius 2 is 1.95 bits per heavy atom. The number of aromatic nitrogens is 1. The summed E-state index contributed by atoms with van der Waals surface area (Å²) in [5.74, 6) is -1.03. The van der Waals surface area contributed by atoms with E-state index < -0.39 is 5.97 Å². The summed E-state index contributed by atoms with van der Waals surface area (Å²) in [4.78, 5) is 22.7. The summed E-state index contributed by atoms with van der Waals surface area (Å²) in [6, 6.07) is 5.77. The molecule has 0 saturated heterocycles. The van der Waals surface area contributed by atoms with Crippen molar-refractivity contribution < 1.29 is 14.7 Å². The summed E-state index contributed by atoms with van der Waals surface area (Å²) in [7, 11) is 2.05. The van der Waals surface area contributed by atoms with E-state index in [0.717, 1.165) is 18.4 Å². The van der Waals surface area contributed by atoms with Crippen LogP contribution in [0.4, 0.5) is 0 Å².